The van der Waals surface area contributed by atoms with Crippen molar-refractivity contribution in [3.63, 3.8) is 0 Å². The molecule has 1 N–H and O–H groups in total. The van der Waals surface area contributed by atoms with Crippen molar-refractivity contribution in [2.24, 2.45) is 17.8 Å². The second-order valence-electron chi connectivity index (χ2n) is 7.11. The molecule has 1 aromatic carbocycles. The Bertz CT molecular complexity index is 449. The Kier molecular flexibility index (Phi) is 5.63. The number of hydrogen-bond donors (Lipinski definition) is 1. The summed E-state index contributed by atoms with van der Waals surface area (Å²) in [5.41, 5.74) is 1.89. The van der Waals surface area contributed by atoms with Crippen molar-refractivity contribution < 1.29 is 4.39 Å². The number of hydrogen-bond acceptors (Lipinski definition) is 2. The van der Waals surface area contributed by atoms with Gasteiger partial charge in [-0.05, 0) is 42.9 Å². The first-order valence-electron chi connectivity index (χ1n) is 8.20. The Morgan fingerprint density at radius 3 is 2.52 bits per heavy atom. The molecule has 0 saturated carbocycles. The average molecular weight is 292 g/mol. The fourth-order valence-corrected chi connectivity index (χ4v) is 3.36. The first kappa shape index (κ1) is 16.3. The van der Waals surface area contributed by atoms with Gasteiger partial charge in [0.15, 0.2) is 0 Å². The molecule has 2 rings (SSSR count). The van der Waals surface area contributed by atoms with Crippen LogP contribution in [-0.4, -0.2) is 19.6 Å². The summed E-state index contributed by atoms with van der Waals surface area (Å²) >= 11 is 0. The van der Waals surface area contributed by atoms with Gasteiger partial charge in [-0.2, -0.15) is 0 Å². The highest BCUT2D eigenvalue weighted by atomic mass is 19.1. The zero-order valence-electron chi connectivity index (χ0n) is 13.8. The Balaban J connectivity index is 2.16. The summed E-state index contributed by atoms with van der Waals surface area (Å²) < 4.78 is 14.3. The Labute approximate surface area is 128 Å². The van der Waals surface area contributed by atoms with E-state index in [0.717, 1.165) is 30.9 Å². The molecule has 2 nitrogen and oxygen atoms in total. The second kappa shape index (κ2) is 7.26. The number of halogens is 1. The first-order chi connectivity index (χ1) is 9.97. The number of piperidine rings is 1. The van der Waals surface area contributed by atoms with Crippen LogP contribution in [0.15, 0.2) is 18.2 Å². The molecule has 1 heterocycles. The van der Waals surface area contributed by atoms with Gasteiger partial charge in [0.05, 0.1) is 0 Å². The van der Waals surface area contributed by atoms with Crippen LogP contribution in [0.4, 0.5) is 10.1 Å². The van der Waals surface area contributed by atoms with Gasteiger partial charge in [0.1, 0.15) is 5.82 Å². The van der Waals surface area contributed by atoms with Crippen LogP contribution in [0.1, 0.15) is 39.7 Å². The maximum absolute atomic E-state index is 14.3. The molecule has 1 saturated heterocycles. The molecule has 2 atom stereocenters. The highest BCUT2D eigenvalue weighted by molar-refractivity contribution is 5.54. The molecule has 0 amide bonds. The molecule has 1 aliphatic heterocycles. The lowest BCUT2D eigenvalue weighted by atomic mass is 9.91. The molecular weight excluding hydrogens is 263 g/mol. The van der Waals surface area contributed by atoms with E-state index < -0.39 is 0 Å². The molecule has 0 radical (unpaired) electrons. The van der Waals surface area contributed by atoms with Crippen molar-refractivity contribution >= 4 is 5.69 Å². The molecule has 3 heteroatoms. The van der Waals surface area contributed by atoms with Crippen LogP contribution < -0.4 is 10.2 Å². The van der Waals surface area contributed by atoms with Crippen molar-refractivity contribution in [2.45, 2.75) is 40.7 Å². The lowest BCUT2D eigenvalue weighted by molar-refractivity contribution is 0.356. The van der Waals surface area contributed by atoms with Crippen LogP contribution in [0.3, 0.4) is 0 Å². The predicted molar refractivity (Wildman–Crippen MR) is 88.1 cm³/mol. The minimum absolute atomic E-state index is 0.0883. The Morgan fingerprint density at radius 2 is 1.90 bits per heavy atom. The molecule has 1 aliphatic rings. The van der Waals surface area contributed by atoms with E-state index in [-0.39, 0.29) is 5.82 Å². The normalized spacial score (nSPS) is 22.9. The number of nitrogens with one attached hydrogen (secondary N) is 1. The van der Waals surface area contributed by atoms with Crippen molar-refractivity contribution in [3.05, 3.63) is 29.6 Å². The number of anilines is 1. The summed E-state index contributed by atoms with van der Waals surface area (Å²) in [5.74, 6) is 1.84. The molecule has 1 aromatic rings. The van der Waals surface area contributed by atoms with E-state index >= 15 is 0 Å². The lowest BCUT2D eigenvalue weighted by Gasteiger charge is -2.37. The van der Waals surface area contributed by atoms with Gasteiger partial charge < -0.3 is 10.2 Å². The quantitative estimate of drug-likeness (QED) is 0.880. The van der Waals surface area contributed by atoms with E-state index in [0.29, 0.717) is 24.3 Å². The molecule has 118 valence electrons. The van der Waals surface area contributed by atoms with Gasteiger partial charge in [-0.15, -0.1) is 0 Å². The van der Waals surface area contributed by atoms with E-state index in [4.69, 9.17) is 0 Å². The van der Waals surface area contributed by atoms with Gasteiger partial charge in [0, 0.05) is 30.9 Å². The van der Waals surface area contributed by atoms with Crippen LogP contribution >= 0.6 is 0 Å². The van der Waals surface area contributed by atoms with E-state index in [1.54, 1.807) is 6.07 Å². The smallest absolute Gasteiger partial charge is 0.129 e. The maximum atomic E-state index is 14.3. The standard InChI is InChI=1S/C18H29FN2/c1-13(2)9-20-10-16-17(19)6-5-7-18(16)21-11-14(3)8-15(4)12-21/h5-7,13-15,20H,8-12H2,1-4H3. The second-order valence-corrected chi connectivity index (χ2v) is 7.11. The fourth-order valence-electron chi connectivity index (χ4n) is 3.36. The topological polar surface area (TPSA) is 15.3 Å². The molecule has 0 bridgehead atoms. The molecule has 0 aromatic heterocycles. The summed E-state index contributed by atoms with van der Waals surface area (Å²) in [6.07, 6.45) is 1.27. The SMILES string of the molecule is CC(C)CNCc1c(F)cccc1N1CC(C)CC(C)C1. The van der Waals surface area contributed by atoms with E-state index in [9.17, 15) is 4.39 Å². The maximum Gasteiger partial charge on any atom is 0.129 e. The van der Waals surface area contributed by atoms with Gasteiger partial charge in [-0.25, -0.2) is 4.39 Å². The summed E-state index contributed by atoms with van der Waals surface area (Å²) in [6, 6.07) is 5.48. The van der Waals surface area contributed by atoms with E-state index in [1.165, 1.54) is 6.42 Å². The minimum Gasteiger partial charge on any atom is -0.371 e. The molecule has 0 aliphatic carbocycles. The van der Waals surface area contributed by atoms with Crippen molar-refractivity contribution in [3.8, 4) is 0 Å². The third-order valence-corrected chi connectivity index (χ3v) is 4.16. The van der Waals surface area contributed by atoms with Crippen molar-refractivity contribution in [1.82, 2.24) is 5.32 Å². The summed E-state index contributed by atoms with van der Waals surface area (Å²) in [5, 5.41) is 3.38. The molecule has 1 fully saturated rings. The number of rotatable bonds is 5. The van der Waals surface area contributed by atoms with Gasteiger partial charge in [-0.1, -0.05) is 33.8 Å². The summed E-state index contributed by atoms with van der Waals surface area (Å²) in [4.78, 5) is 2.37. The third kappa shape index (κ3) is 4.44. The predicted octanol–water partition coefficient (Wildman–Crippen LogP) is 4.05. The average Bonchev–Trinajstić information content (AvgIpc) is 2.39. The molecular formula is C18H29FN2. The number of nitrogens with zero attached hydrogens (tertiary/aromatic N) is 1. The molecule has 0 spiro atoms. The zero-order valence-corrected chi connectivity index (χ0v) is 13.8. The van der Waals surface area contributed by atoms with Gasteiger partial charge in [-0.3, -0.25) is 0 Å². The fraction of sp³-hybridized carbons (Fsp3) is 0.667. The Hall–Kier alpha value is -1.09. The monoisotopic (exact) mass is 292 g/mol. The van der Waals surface area contributed by atoms with Crippen LogP contribution in [0.5, 0.6) is 0 Å². The van der Waals surface area contributed by atoms with E-state index in [2.05, 4.69) is 44.0 Å². The minimum atomic E-state index is -0.0883. The van der Waals surface area contributed by atoms with Crippen LogP contribution in [0, 0.1) is 23.6 Å². The van der Waals surface area contributed by atoms with Gasteiger partial charge >= 0.3 is 0 Å². The largest absolute Gasteiger partial charge is 0.371 e. The number of benzene rings is 1. The van der Waals surface area contributed by atoms with Crippen molar-refractivity contribution in [1.29, 1.82) is 0 Å². The van der Waals surface area contributed by atoms with E-state index in [1.807, 2.05) is 6.07 Å². The van der Waals surface area contributed by atoms with Crippen LogP contribution in [-0.2, 0) is 6.54 Å². The lowest BCUT2D eigenvalue weighted by Crippen LogP contribution is -2.39. The van der Waals surface area contributed by atoms with Crippen LogP contribution in [0.2, 0.25) is 0 Å². The highest BCUT2D eigenvalue weighted by Gasteiger charge is 2.24. The van der Waals surface area contributed by atoms with Gasteiger partial charge in [0.2, 0.25) is 0 Å². The first-order valence-corrected chi connectivity index (χ1v) is 8.20. The zero-order chi connectivity index (χ0) is 15.4. The van der Waals surface area contributed by atoms with Crippen LogP contribution in [0.25, 0.3) is 0 Å². The van der Waals surface area contributed by atoms with Crippen molar-refractivity contribution in [2.75, 3.05) is 24.5 Å². The Morgan fingerprint density at radius 1 is 1.24 bits per heavy atom. The molecule has 2 unspecified atom stereocenters. The highest BCUT2D eigenvalue weighted by Crippen LogP contribution is 2.30. The summed E-state index contributed by atoms with van der Waals surface area (Å²) in [7, 11) is 0. The van der Waals surface area contributed by atoms with Gasteiger partial charge in [0.25, 0.3) is 0 Å². The third-order valence-electron chi connectivity index (χ3n) is 4.16. The molecule has 21 heavy (non-hydrogen) atoms. The summed E-state index contributed by atoms with van der Waals surface area (Å²) in [6.45, 7) is 12.5.